The van der Waals surface area contributed by atoms with Crippen LogP contribution in [0.1, 0.15) is 20.3 Å². The molecule has 0 aromatic rings. The maximum atomic E-state index is 7.57. The quantitative estimate of drug-likeness (QED) is 0.646. The highest BCUT2D eigenvalue weighted by molar-refractivity contribution is 6.20. The highest BCUT2D eigenvalue weighted by Gasteiger charge is 1.92. The van der Waals surface area contributed by atoms with E-state index in [0.717, 1.165) is 6.42 Å². The maximum Gasteiger partial charge on any atom is 0.0455 e. The molecule has 3 N–H and O–H groups in total. The molecule has 66 valence electrons. The van der Waals surface area contributed by atoms with Gasteiger partial charge in [0.05, 0.1) is 0 Å². The molecular formula is C6H17Cl2NO. The van der Waals surface area contributed by atoms with Crippen LogP contribution in [0.3, 0.4) is 0 Å². The number of alkyl halides is 1. The summed E-state index contributed by atoms with van der Waals surface area (Å²) in [7, 11) is 0. The summed E-state index contributed by atoms with van der Waals surface area (Å²) >= 11 is 5.52. The van der Waals surface area contributed by atoms with E-state index in [1.54, 1.807) is 6.92 Å². The number of aliphatic hydroxyl groups is 1. The predicted octanol–water partition coefficient (Wildman–Crippen LogP) is 1.38. The lowest BCUT2D eigenvalue weighted by Crippen LogP contribution is -2.11. The van der Waals surface area contributed by atoms with Crippen molar-refractivity contribution in [3.05, 3.63) is 0 Å². The first kappa shape index (κ1) is 16.8. The van der Waals surface area contributed by atoms with E-state index in [1.165, 1.54) is 0 Å². The van der Waals surface area contributed by atoms with Gasteiger partial charge in [0.15, 0.2) is 0 Å². The molecule has 4 heteroatoms. The number of aliphatic hydroxyl groups excluding tert-OH is 1. The molecule has 0 aliphatic carbocycles. The standard InChI is InChI=1S/C4H10ClN.C2H6O.ClH/c1-2-4(5)3-6;1-2-3;/h4H,2-3,6H2,1H3;3H,2H2,1H3;1H. The largest absolute Gasteiger partial charge is 0.397 e. The van der Waals surface area contributed by atoms with Gasteiger partial charge in [-0.3, -0.25) is 0 Å². The van der Waals surface area contributed by atoms with Crippen LogP contribution in [0.15, 0.2) is 0 Å². The Bertz CT molecular complexity index is 42.7. The molecule has 1 unspecified atom stereocenters. The summed E-state index contributed by atoms with van der Waals surface area (Å²) in [5, 5.41) is 7.75. The van der Waals surface area contributed by atoms with Gasteiger partial charge in [-0.2, -0.15) is 0 Å². The van der Waals surface area contributed by atoms with Crippen LogP contribution in [0.2, 0.25) is 0 Å². The van der Waals surface area contributed by atoms with Gasteiger partial charge >= 0.3 is 0 Å². The smallest absolute Gasteiger partial charge is 0.0455 e. The first-order valence-electron chi connectivity index (χ1n) is 3.17. The van der Waals surface area contributed by atoms with Crippen LogP contribution in [-0.2, 0) is 0 Å². The van der Waals surface area contributed by atoms with Crippen LogP contribution < -0.4 is 5.73 Å². The number of halogens is 2. The molecule has 0 aromatic carbocycles. The normalized spacial score (nSPS) is 10.5. The Labute approximate surface area is 74.2 Å². The van der Waals surface area contributed by atoms with E-state index in [2.05, 4.69) is 0 Å². The van der Waals surface area contributed by atoms with Gasteiger partial charge in [-0.25, -0.2) is 0 Å². The molecule has 0 spiro atoms. The molecule has 1 atom stereocenters. The van der Waals surface area contributed by atoms with Gasteiger partial charge in [0.2, 0.25) is 0 Å². The lowest BCUT2D eigenvalue weighted by molar-refractivity contribution is 0.318. The van der Waals surface area contributed by atoms with Crippen molar-refractivity contribution in [1.29, 1.82) is 0 Å². The fourth-order valence-corrected chi connectivity index (χ4v) is 0.167. The molecule has 0 saturated carbocycles. The molecule has 0 fully saturated rings. The number of hydrogen-bond donors (Lipinski definition) is 2. The topological polar surface area (TPSA) is 46.2 Å². The van der Waals surface area contributed by atoms with Crippen molar-refractivity contribution in [3.8, 4) is 0 Å². The molecule has 0 aliphatic rings. The highest BCUT2D eigenvalue weighted by atomic mass is 35.5. The molecule has 0 heterocycles. The summed E-state index contributed by atoms with van der Waals surface area (Å²) in [4.78, 5) is 0. The molecule has 0 amide bonds. The molecule has 0 aliphatic heterocycles. The monoisotopic (exact) mass is 189 g/mol. The Balaban J connectivity index is -0.000000107. The lowest BCUT2D eigenvalue weighted by atomic mass is 10.3. The fourth-order valence-electron chi connectivity index (χ4n) is 0.167. The third kappa shape index (κ3) is 23.6. The van der Waals surface area contributed by atoms with Crippen LogP contribution >= 0.6 is 24.0 Å². The summed E-state index contributed by atoms with van der Waals surface area (Å²) in [6, 6.07) is 0. The van der Waals surface area contributed by atoms with E-state index in [-0.39, 0.29) is 24.4 Å². The Kier molecular flexibility index (Phi) is 27.4. The minimum atomic E-state index is 0. The fraction of sp³-hybridized carbons (Fsp3) is 1.00. The second-order valence-corrected chi connectivity index (χ2v) is 2.17. The number of nitrogens with two attached hydrogens (primary N) is 1. The van der Waals surface area contributed by atoms with Crippen LogP contribution in [0.25, 0.3) is 0 Å². The third-order valence-electron chi connectivity index (χ3n) is 0.699. The second kappa shape index (κ2) is 16.2. The van der Waals surface area contributed by atoms with E-state index in [1.807, 2.05) is 6.92 Å². The lowest BCUT2D eigenvalue weighted by Gasteiger charge is -1.96. The molecule has 0 bridgehead atoms. The molecule has 2 nitrogen and oxygen atoms in total. The molecule has 0 saturated heterocycles. The Morgan fingerprint density at radius 1 is 1.50 bits per heavy atom. The van der Waals surface area contributed by atoms with Gasteiger partial charge in [-0.15, -0.1) is 24.0 Å². The minimum Gasteiger partial charge on any atom is -0.397 e. The van der Waals surface area contributed by atoms with Crippen LogP contribution in [0.4, 0.5) is 0 Å². The van der Waals surface area contributed by atoms with E-state index in [0.29, 0.717) is 6.54 Å². The Morgan fingerprint density at radius 3 is 1.80 bits per heavy atom. The van der Waals surface area contributed by atoms with Crippen LogP contribution in [-0.4, -0.2) is 23.6 Å². The molecule has 10 heavy (non-hydrogen) atoms. The van der Waals surface area contributed by atoms with E-state index in [4.69, 9.17) is 22.4 Å². The van der Waals surface area contributed by atoms with Crippen molar-refractivity contribution < 1.29 is 5.11 Å². The minimum absolute atomic E-state index is 0. The average molecular weight is 190 g/mol. The number of hydrogen-bond acceptors (Lipinski definition) is 2. The van der Waals surface area contributed by atoms with E-state index in [9.17, 15) is 0 Å². The SMILES string of the molecule is CCC(Cl)CN.CCO.Cl. The van der Waals surface area contributed by atoms with Gasteiger partial charge in [0, 0.05) is 18.5 Å². The van der Waals surface area contributed by atoms with Crippen molar-refractivity contribution in [1.82, 2.24) is 0 Å². The van der Waals surface area contributed by atoms with E-state index < -0.39 is 0 Å². The zero-order valence-electron chi connectivity index (χ0n) is 6.51. The second-order valence-electron chi connectivity index (χ2n) is 1.56. The molecular weight excluding hydrogens is 173 g/mol. The van der Waals surface area contributed by atoms with Gasteiger partial charge < -0.3 is 10.8 Å². The average Bonchev–Trinajstić information content (AvgIpc) is 1.88. The van der Waals surface area contributed by atoms with Crippen molar-refractivity contribution in [3.63, 3.8) is 0 Å². The highest BCUT2D eigenvalue weighted by Crippen LogP contribution is 1.95. The number of rotatable bonds is 2. The first-order chi connectivity index (χ1) is 4.22. The summed E-state index contributed by atoms with van der Waals surface area (Å²) in [5.74, 6) is 0. The Hall–Kier alpha value is 0.500. The molecule has 0 radical (unpaired) electrons. The zero-order chi connectivity index (χ0) is 7.70. The predicted molar refractivity (Wildman–Crippen MR) is 49.0 cm³/mol. The van der Waals surface area contributed by atoms with Crippen molar-refractivity contribution in [2.45, 2.75) is 25.6 Å². The van der Waals surface area contributed by atoms with Gasteiger partial charge in [-0.05, 0) is 13.3 Å². The zero-order valence-corrected chi connectivity index (χ0v) is 8.08. The third-order valence-corrected chi connectivity index (χ3v) is 1.19. The van der Waals surface area contributed by atoms with Gasteiger partial charge in [0.1, 0.15) is 0 Å². The van der Waals surface area contributed by atoms with Gasteiger partial charge in [0.25, 0.3) is 0 Å². The summed E-state index contributed by atoms with van der Waals surface area (Å²) < 4.78 is 0. The van der Waals surface area contributed by atoms with Gasteiger partial charge in [-0.1, -0.05) is 6.92 Å². The molecule has 0 rings (SSSR count). The van der Waals surface area contributed by atoms with Crippen LogP contribution in [0.5, 0.6) is 0 Å². The summed E-state index contributed by atoms with van der Waals surface area (Å²) in [5.41, 5.74) is 5.15. The van der Waals surface area contributed by atoms with Crippen molar-refractivity contribution >= 4 is 24.0 Å². The maximum absolute atomic E-state index is 7.57. The Morgan fingerprint density at radius 2 is 1.80 bits per heavy atom. The van der Waals surface area contributed by atoms with E-state index >= 15 is 0 Å². The summed E-state index contributed by atoms with van der Waals surface area (Å²) in [6.45, 7) is 4.54. The molecule has 0 aromatic heterocycles. The first-order valence-corrected chi connectivity index (χ1v) is 3.61. The van der Waals surface area contributed by atoms with Crippen LogP contribution in [0, 0.1) is 0 Å². The summed E-state index contributed by atoms with van der Waals surface area (Å²) in [6.07, 6.45) is 0.970. The van der Waals surface area contributed by atoms with Crippen molar-refractivity contribution in [2.24, 2.45) is 5.73 Å². The van der Waals surface area contributed by atoms with Crippen molar-refractivity contribution in [2.75, 3.05) is 13.2 Å².